The van der Waals surface area contributed by atoms with Crippen LogP contribution < -0.4 is 4.90 Å². The van der Waals surface area contributed by atoms with Crippen LogP contribution in [0.4, 0.5) is 5.69 Å². The Kier molecular flexibility index (Phi) is 4.17. The summed E-state index contributed by atoms with van der Waals surface area (Å²) in [6, 6.07) is 21.8. The number of rotatable bonds is 3. The Morgan fingerprint density at radius 1 is 0.800 bits per heavy atom. The third-order valence-corrected chi connectivity index (χ3v) is 4.46. The highest BCUT2D eigenvalue weighted by Gasteiger charge is 2.34. The van der Waals surface area contributed by atoms with Crippen molar-refractivity contribution in [1.82, 2.24) is 9.97 Å². The van der Waals surface area contributed by atoms with Crippen molar-refractivity contribution in [1.29, 1.82) is 0 Å². The summed E-state index contributed by atoms with van der Waals surface area (Å²) in [5.74, 6) is 0.374. The molecule has 0 saturated carbocycles. The van der Waals surface area contributed by atoms with Gasteiger partial charge >= 0.3 is 0 Å². The molecule has 2 aromatic heterocycles. The minimum Gasteiger partial charge on any atom is -0.512 e. The Morgan fingerprint density at radius 2 is 1.44 bits per heavy atom. The molecule has 0 spiro atoms. The maximum absolute atomic E-state index is 10.4. The molecule has 4 heteroatoms. The molecule has 25 heavy (non-hydrogen) atoms. The van der Waals surface area contributed by atoms with Crippen molar-refractivity contribution in [2.45, 2.75) is 18.5 Å². The van der Waals surface area contributed by atoms with E-state index in [2.05, 4.69) is 27.0 Å². The summed E-state index contributed by atoms with van der Waals surface area (Å²) in [7, 11) is 0. The van der Waals surface area contributed by atoms with Crippen LogP contribution in [-0.4, -0.2) is 15.1 Å². The first-order chi connectivity index (χ1) is 12.3. The van der Waals surface area contributed by atoms with Crippen molar-refractivity contribution in [2.75, 3.05) is 4.90 Å². The van der Waals surface area contributed by atoms with Gasteiger partial charge in [0.15, 0.2) is 0 Å². The number of aromatic nitrogens is 2. The highest BCUT2D eigenvalue weighted by Crippen LogP contribution is 2.42. The van der Waals surface area contributed by atoms with E-state index in [1.54, 1.807) is 12.4 Å². The predicted octanol–water partition coefficient (Wildman–Crippen LogP) is 4.61. The number of para-hydroxylation sites is 1. The molecule has 0 bridgehead atoms. The van der Waals surface area contributed by atoms with E-state index in [1.807, 2.05) is 60.7 Å². The molecule has 4 nitrogen and oxygen atoms in total. The van der Waals surface area contributed by atoms with Gasteiger partial charge in [-0.3, -0.25) is 9.97 Å². The highest BCUT2D eigenvalue weighted by molar-refractivity contribution is 5.53. The van der Waals surface area contributed by atoms with Crippen molar-refractivity contribution >= 4 is 5.69 Å². The number of aliphatic hydroxyl groups excluding tert-OH is 1. The molecule has 3 aromatic rings. The molecule has 2 unspecified atom stereocenters. The number of pyridine rings is 2. The second-order valence-corrected chi connectivity index (χ2v) is 6.07. The molecule has 4 rings (SSSR count). The van der Waals surface area contributed by atoms with Crippen LogP contribution in [0.3, 0.4) is 0 Å². The van der Waals surface area contributed by atoms with Gasteiger partial charge < -0.3 is 10.0 Å². The Bertz CT molecular complexity index is 850. The summed E-state index contributed by atoms with van der Waals surface area (Å²) in [5, 5.41) is 10.4. The van der Waals surface area contributed by atoms with Gasteiger partial charge in [0.2, 0.25) is 0 Å². The van der Waals surface area contributed by atoms with Crippen molar-refractivity contribution in [3.05, 3.63) is 102 Å². The topological polar surface area (TPSA) is 49.3 Å². The van der Waals surface area contributed by atoms with Crippen LogP contribution in [0.5, 0.6) is 0 Å². The van der Waals surface area contributed by atoms with E-state index in [-0.39, 0.29) is 12.1 Å². The molecule has 0 aliphatic carbocycles. The lowest BCUT2D eigenvalue weighted by molar-refractivity contribution is 0.342. The average molecular weight is 329 g/mol. The molecule has 1 N–H and O–H groups in total. The lowest BCUT2D eigenvalue weighted by atomic mass is 9.94. The summed E-state index contributed by atoms with van der Waals surface area (Å²) in [4.78, 5) is 11.3. The highest BCUT2D eigenvalue weighted by atomic mass is 16.3. The fraction of sp³-hybridized carbons (Fsp3) is 0.143. The van der Waals surface area contributed by atoms with Gasteiger partial charge in [0.25, 0.3) is 0 Å². The first-order valence-corrected chi connectivity index (χ1v) is 8.38. The second kappa shape index (κ2) is 6.77. The van der Waals surface area contributed by atoms with Crippen molar-refractivity contribution in [3.8, 4) is 0 Å². The summed E-state index contributed by atoms with van der Waals surface area (Å²) in [6.07, 6.45) is 5.99. The van der Waals surface area contributed by atoms with Gasteiger partial charge in [0.05, 0.1) is 29.2 Å². The fourth-order valence-corrected chi connectivity index (χ4v) is 3.36. The molecule has 0 amide bonds. The number of anilines is 1. The van der Waals surface area contributed by atoms with E-state index in [0.717, 1.165) is 17.1 Å². The molecule has 124 valence electrons. The van der Waals surface area contributed by atoms with E-state index in [1.165, 1.54) is 0 Å². The molecule has 0 radical (unpaired) electrons. The maximum atomic E-state index is 10.4. The Balaban J connectivity index is 1.85. The van der Waals surface area contributed by atoms with Gasteiger partial charge in [-0.15, -0.1) is 0 Å². The minimum atomic E-state index is -0.149. The smallest absolute Gasteiger partial charge is 0.0939 e. The number of hydrogen-bond acceptors (Lipinski definition) is 4. The van der Waals surface area contributed by atoms with E-state index in [0.29, 0.717) is 12.2 Å². The largest absolute Gasteiger partial charge is 0.512 e. The second-order valence-electron chi connectivity index (χ2n) is 6.07. The molecular formula is C21H19N3O. The molecular weight excluding hydrogens is 310 g/mol. The van der Waals surface area contributed by atoms with Crippen LogP contribution in [0.15, 0.2) is 91.0 Å². The van der Waals surface area contributed by atoms with Crippen LogP contribution in [-0.2, 0) is 0 Å². The average Bonchev–Trinajstić information content (AvgIpc) is 2.69. The van der Waals surface area contributed by atoms with Crippen LogP contribution in [0, 0.1) is 0 Å². The minimum absolute atomic E-state index is 0.0550. The Hall–Kier alpha value is -3.14. The van der Waals surface area contributed by atoms with E-state index in [4.69, 9.17) is 0 Å². The van der Waals surface area contributed by atoms with Crippen LogP contribution in [0.2, 0.25) is 0 Å². The van der Waals surface area contributed by atoms with E-state index in [9.17, 15) is 5.11 Å². The lowest BCUT2D eigenvalue weighted by Crippen LogP contribution is -2.36. The number of aliphatic hydroxyl groups is 1. The van der Waals surface area contributed by atoms with Crippen LogP contribution in [0.25, 0.3) is 0 Å². The summed E-state index contributed by atoms with van der Waals surface area (Å²) >= 11 is 0. The first kappa shape index (κ1) is 15.4. The molecule has 2 atom stereocenters. The Labute approximate surface area is 147 Å². The van der Waals surface area contributed by atoms with Crippen molar-refractivity contribution in [3.63, 3.8) is 0 Å². The van der Waals surface area contributed by atoms with Gasteiger partial charge in [-0.05, 0) is 42.5 Å². The van der Waals surface area contributed by atoms with E-state index < -0.39 is 0 Å². The van der Waals surface area contributed by atoms with Gasteiger partial charge in [-0.1, -0.05) is 30.3 Å². The molecule has 0 fully saturated rings. The number of nitrogens with zero attached hydrogens (tertiary/aromatic N) is 3. The molecule has 3 heterocycles. The zero-order chi connectivity index (χ0) is 17.1. The zero-order valence-electron chi connectivity index (χ0n) is 13.7. The molecule has 1 aliphatic heterocycles. The summed E-state index contributed by atoms with van der Waals surface area (Å²) < 4.78 is 0. The number of hydrogen-bond donors (Lipinski definition) is 1. The monoisotopic (exact) mass is 329 g/mol. The maximum Gasteiger partial charge on any atom is 0.0939 e. The molecule has 0 saturated heterocycles. The van der Waals surface area contributed by atoms with Crippen molar-refractivity contribution < 1.29 is 5.11 Å². The van der Waals surface area contributed by atoms with E-state index >= 15 is 0 Å². The lowest BCUT2D eigenvalue weighted by Gasteiger charge is -2.41. The van der Waals surface area contributed by atoms with Crippen LogP contribution in [0.1, 0.15) is 29.9 Å². The van der Waals surface area contributed by atoms with Gasteiger partial charge in [0.1, 0.15) is 0 Å². The summed E-state index contributed by atoms with van der Waals surface area (Å²) in [6.45, 7) is 0. The quantitative estimate of drug-likeness (QED) is 0.762. The van der Waals surface area contributed by atoms with Crippen molar-refractivity contribution in [2.24, 2.45) is 0 Å². The van der Waals surface area contributed by atoms with Gasteiger partial charge in [0, 0.05) is 24.5 Å². The normalized spacial score (nSPS) is 20.2. The molecule has 1 aliphatic rings. The van der Waals surface area contributed by atoms with Gasteiger partial charge in [-0.2, -0.15) is 0 Å². The Morgan fingerprint density at radius 3 is 2.08 bits per heavy atom. The standard InChI is InChI=1S/C21H19N3O/c25-17-14-20(18-10-4-6-12-22-18)24(16-8-2-1-3-9-16)21(15-17)19-11-5-7-13-23-19/h1-14,20-21,25H,15H2. The fourth-order valence-electron chi connectivity index (χ4n) is 3.36. The SMILES string of the molecule is OC1=CC(c2ccccn2)N(c2ccccc2)C(c2ccccn2)C1. The summed E-state index contributed by atoms with van der Waals surface area (Å²) in [5.41, 5.74) is 2.92. The third-order valence-electron chi connectivity index (χ3n) is 4.46. The van der Waals surface area contributed by atoms with Gasteiger partial charge in [-0.25, -0.2) is 0 Å². The third kappa shape index (κ3) is 3.11. The molecule has 1 aromatic carbocycles. The zero-order valence-corrected chi connectivity index (χ0v) is 13.7. The predicted molar refractivity (Wildman–Crippen MR) is 98.2 cm³/mol. The van der Waals surface area contributed by atoms with Crippen LogP contribution >= 0.6 is 0 Å². The first-order valence-electron chi connectivity index (χ1n) is 8.38. The number of benzene rings is 1.